The fraction of sp³-hybridized carbons (Fsp3) is 0.562. The highest BCUT2D eigenvalue weighted by Crippen LogP contribution is 2.10. The van der Waals surface area contributed by atoms with Gasteiger partial charge in [-0.2, -0.15) is 0 Å². The molecule has 0 saturated heterocycles. The molecule has 0 aliphatic heterocycles. The smallest absolute Gasteiger partial charge is 0.149 e. The molecule has 0 spiro atoms. The largest absolute Gasteiger partial charge is 0.494 e. The molecular formula is C16H27NO2. The number of carbonyl (C=O) groups excluding carboxylic acids is 1. The molecule has 0 fully saturated rings. The Labute approximate surface area is 117 Å². The Balaban J connectivity index is 0.000000344. The topological polar surface area (TPSA) is 38.3 Å². The van der Waals surface area contributed by atoms with Gasteiger partial charge >= 0.3 is 0 Å². The summed E-state index contributed by atoms with van der Waals surface area (Å²) in [5.74, 6) is 1.41. The molecule has 0 aliphatic rings. The average molecular weight is 265 g/mol. The number of carbonyl (C=O) groups is 1. The number of rotatable bonds is 6. The first-order chi connectivity index (χ1) is 9.01. The van der Waals surface area contributed by atoms with Crippen LogP contribution in [0.2, 0.25) is 0 Å². The highest BCUT2D eigenvalue weighted by molar-refractivity contribution is 5.82. The third-order valence-corrected chi connectivity index (χ3v) is 2.53. The number of ketones is 1. The second-order valence-electron chi connectivity index (χ2n) is 4.65. The summed E-state index contributed by atoms with van der Waals surface area (Å²) in [6, 6.07) is 8.06. The summed E-state index contributed by atoms with van der Waals surface area (Å²) < 4.78 is 5.26. The van der Waals surface area contributed by atoms with E-state index >= 15 is 0 Å². The van der Waals surface area contributed by atoms with Gasteiger partial charge in [-0.1, -0.05) is 38.5 Å². The van der Waals surface area contributed by atoms with Crippen LogP contribution in [0.5, 0.6) is 5.75 Å². The van der Waals surface area contributed by atoms with Gasteiger partial charge in [-0.3, -0.25) is 4.79 Å². The molecule has 0 aliphatic carbocycles. The van der Waals surface area contributed by atoms with Gasteiger partial charge in [0.15, 0.2) is 0 Å². The lowest BCUT2D eigenvalue weighted by atomic mass is 10.1. The molecule has 0 saturated carbocycles. The van der Waals surface area contributed by atoms with Gasteiger partial charge in [0.05, 0.1) is 13.2 Å². The second-order valence-corrected chi connectivity index (χ2v) is 4.65. The predicted molar refractivity (Wildman–Crippen MR) is 80.7 cm³/mol. The molecule has 1 N–H and O–H groups in total. The molecule has 0 heterocycles. The van der Waals surface area contributed by atoms with Crippen molar-refractivity contribution in [3.63, 3.8) is 0 Å². The van der Waals surface area contributed by atoms with Crippen molar-refractivity contribution in [3.8, 4) is 5.75 Å². The van der Waals surface area contributed by atoms with Crippen LogP contribution in [0.1, 0.15) is 33.3 Å². The highest BCUT2D eigenvalue weighted by atomic mass is 16.5. The Bertz CT molecular complexity index is 344. The van der Waals surface area contributed by atoms with Crippen LogP contribution in [-0.2, 0) is 4.79 Å². The van der Waals surface area contributed by atoms with Gasteiger partial charge in [-0.15, -0.1) is 0 Å². The summed E-state index contributed by atoms with van der Waals surface area (Å²) in [6.07, 6.45) is 0. The minimum atomic E-state index is 0.170. The maximum atomic E-state index is 10.8. The first kappa shape index (κ1) is 17.6. The molecule has 3 nitrogen and oxygen atoms in total. The number of ether oxygens (including phenoxy) is 1. The van der Waals surface area contributed by atoms with Crippen LogP contribution in [0.3, 0.4) is 0 Å². The van der Waals surface area contributed by atoms with E-state index in [4.69, 9.17) is 4.74 Å². The Morgan fingerprint density at radius 3 is 2.21 bits per heavy atom. The number of Topliss-reactive ketones (excluding diaryl/α,β-unsaturated/α-hetero) is 1. The zero-order valence-electron chi connectivity index (χ0n) is 12.8. The molecule has 0 bridgehead atoms. The van der Waals surface area contributed by atoms with Crippen molar-refractivity contribution in [2.45, 2.75) is 34.6 Å². The molecule has 0 atom stereocenters. The zero-order chi connectivity index (χ0) is 14.7. The third-order valence-electron chi connectivity index (χ3n) is 2.53. The van der Waals surface area contributed by atoms with Crippen LogP contribution in [0.25, 0.3) is 0 Å². The van der Waals surface area contributed by atoms with Gasteiger partial charge in [-0.05, 0) is 32.5 Å². The third kappa shape index (κ3) is 9.25. The normalized spacial score (nSPS) is 9.79. The van der Waals surface area contributed by atoms with E-state index in [1.807, 2.05) is 52.0 Å². The standard InChI is InChI=1S/C9H12O.C7H15NO/c1-3-10-9-6-4-8(2)5-7-9;1-4-8-5-7(9)6(2)3/h4-7H,3H2,1-2H3;6,8H,4-5H2,1-3H3. The van der Waals surface area contributed by atoms with Gasteiger partial charge < -0.3 is 10.1 Å². The van der Waals surface area contributed by atoms with E-state index < -0.39 is 0 Å². The quantitative estimate of drug-likeness (QED) is 0.858. The summed E-state index contributed by atoms with van der Waals surface area (Å²) in [6.45, 7) is 12.0. The fourth-order valence-corrected chi connectivity index (χ4v) is 1.25. The monoisotopic (exact) mass is 265 g/mol. The molecule has 1 aromatic rings. The number of aryl methyl sites for hydroxylation is 1. The van der Waals surface area contributed by atoms with Crippen molar-refractivity contribution in [3.05, 3.63) is 29.8 Å². The summed E-state index contributed by atoms with van der Waals surface area (Å²) in [4.78, 5) is 10.8. The van der Waals surface area contributed by atoms with Crippen LogP contribution in [0.4, 0.5) is 0 Å². The number of nitrogens with one attached hydrogen (secondary N) is 1. The van der Waals surface area contributed by atoms with E-state index in [1.54, 1.807) is 0 Å². The molecule has 0 aromatic heterocycles. The summed E-state index contributed by atoms with van der Waals surface area (Å²) in [7, 11) is 0. The van der Waals surface area contributed by atoms with E-state index in [9.17, 15) is 4.79 Å². The lowest BCUT2D eigenvalue weighted by molar-refractivity contribution is -0.121. The van der Waals surface area contributed by atoms with E-state index in [0.29, 0.717) is 6.54 Å². The molecule has 0 amide bonds. The van der Waals surface area contributed by atoms with Crippen molar-refractivity contribution >= 4 is 5.78 Å². The Morgan fingerprint density at radius 1 is 1.21 bits per heavy atom. The molecule has 19 heavy (non-hydrogen) atoms. The van der Waals surface area contributed by atoms with Crippen LogP contribution in [0.15, 0.2) is 24.3 Å². The van der Waals surface area contributed by atoms with Crippen LogP contribution < -0.4 is 10.1 Å². The van der Waals surface area contributed by atoms with Crippen molar-refractivity contribution < 1.29 is 9.53 Å². The van der Waals surface area contributed by atoms with Crippen molar-refractivity contribution in [2.24, 2.45) is 5.92 Å². The van der Waals surface area contributed by atoms with Crippen LogP contribution >= 0.6 is 0 Å². The van der Waals surface area contributed by atoms with Crippen molar-refractivity contribution in [2.75, 3.05) is 19.7 Å². The first-order valence-electron chi connectivity index (χ1n) is 6.94. The lowest BCUT2D eigenvalue weighted by Crippen LogP contribution is -2.25. The molecule has 3 heteroatoms. The van der Waals surface area contributed by atoms with Crippen LogP contribution in [-0.4, -0.2) is 25.5 Å². The summed E-state index contributed by atoms with van der Waals surface area (Å²) >= 11 is 0. The van der Waals surface area contributed by atoms with Crippen molar-refractivity contribution in [1.82, 2.24) is 5.32 Å². The fourth-order valence-electron chi connectivity index (χ4n) is 1.25. The van der Waals surface area contributed by atoms with Gasteiger partial charge in [0, 0.05) is 5.92 Å². The van der Waals surface area contributed by atoms with E-state index in [-0.39, 0.29) is 11.7 Å². The molecular weight excluding hydrogens is 238 g/mol. The van der Waals surface area contributed by atoms with Gasteiger partial charge in [0.1, 0.15) is 11.5 Å². The molecule has 1 aromatic carbocycles. The maximum Gasteiger partial charge on any atom is 0.149 e. The zero-order valence-corrected chi connectivity index (χ0v) is 12.8. The minimum absolute atomic E-state index is 0.170. The highest BCUT2D eigenvalue weighted by Gasteiger charge is 2.03. The van der Waals surface area contributed by atoms with E-state index in [0.717, 1.165) is 18.9 Å². The molecule has 1 rings (SSSR count). The van der Waals surface area contributed by atoms with E-state index in [2.05, 4.69) is 12.2 Å². The maximum absolute atomic E-state index is 10.8. The Hall–Kier alpha value is -1.35. The molecule has 108 valence electrons. The Morgan fingerprint density at radius 2 is 1.79 bits per heavy atom. The van der Waals surface area contributed by atoms with E-state index in [1.165, 1.54) is 5.56 Å². The first-order valence-corrected chi connectivity index (χ1v) is 6.94. The number of likely N-dealkylation sites (N-methyl/N-ethyl adjacent to an activating group) is 1. The molecule has 0 radical (unpaired) electrons. The summed E-state index contributed by atoms with van der Waals surface area (Å²) in [5, 5.41) is 2.98. The lowest BCUT2D eigenvalue weighted by Gasteiger charge is -2.02. The van der Waals surface area contributed by atoms with Crippen molar-refractivity contribution in [1.29, 1.82) is 0 Å². The van der Waals surface area contributed by atoms with Gasteiger partial charge in [0.25, 0.3) is 0 Å². The predicted octanol–water partition coefficient (Wildman–Crippen LogP) is 3.21. The van der Waals surface area contributed by atoms with Crippen LogP contribution in [0, 0.1) is 12.8 Å². The number of hydrogen-bond acceptors (Lipinski definition) is 3. The number of hydrogen-bond donors (Lipinski definition) is 1. The SMILES string of the molecule is CCNCC(=O)C(C)C.CCOc1ccc(C)cc1. The minimum Gasteiger partial charge on any atom is -0.494 e. The van der Waals surface area contributed by atoms with Gasteiger partial charge in [0.2, 0.25) is 0 Å². The molecule has 0 unspecified atom stereocenters. The van der Waals surface area contributed by atoms with Gasteiger partial charge in [-0.25, -0.2) is 0 Å². The number of benzene rings is 1. The second kappa shape index (κ2) is 10.6. The Kier molecular flexibility index (Phi) is 9.81. The average Bonchev–Trinajstić information content (AvgIpc) is 2.39. The summed E-state index contributed by atoms with van der Waals surface area (Å²) in [5.41, 5.74) is 1.27.